The van der Waals surface area contributed by atoms with E-state index < -0.39 is 22.8 Å². The van der Waals surface area contributed by atoms with Crippen LogP contribution >= 0.6 is 0 Å². The number of carboxylic acids is 1. The largest absolute Gasteiger partial charge is 0.477 e. The van der Waals surface area contributed by atoms with Crippen LogP contribution in [0.4, 0.5) is 10.2 Å². The summed E-state index contributed by atoms with van der Waals surface area (Å²) in [6, 6.07) is 14.4. The number of nitrogens with zero attached hydrogens (tertiary/aromatic N) is 3. The number of aromatic nitrogens is 2. The molecule has 0 atom stereocenters. The molecule has 1 aliphatic rings. The Labute approximate surface area is 176 Å². The summed E-state index contributed by atoms with van der Waals surface area (Å²) in [7, 11) is 0. The van der Waals surface area contributed by atoms with E-state index in [0.29, 0.717) is 31.9 Å². The number of halogens is 1. The molecule has 0 radical (unpaired) electrons. The van der Waals surface area contributed by atoms with E-state index in [1.54, 1.807) is 4.57 Å². The number of aromatic carboxylic acids is 1. The van der Waals surface area contributed by atoms with Gasteiger partial charge in [-0.2, -0.15) is 0 Å². The Bertz CT molecular complexity index is 1390. The third-order valence-corrected chi connectivity index (χ3v) is 5.59. The lowest BCUT2D eigenvalue weighted by molar-refractivity contribution is 0.0695. The fourth-order valence-corrected chi connectivity index (χ4v) is 4.07. The van der Waals surface area contributed by atoms with E-state index in [-0.39, 0.29) is 16.9 Å². The molecule has 0 saturated carbocycles. The Morgan fingerprint density at radius 3 is 2.58 bits per heavy atom. The smallest absolute Gasteiger partial charge is 0.341 e. The average molecular weight is 418 g/mol. The first-order chi connectivity index (χ1) is 15.0. The van der Waals surface area contributed by atoms with Crippen LogP contribution in [0.1, 0.15) is 10.4 Å². The molecular formula is C23H19FN4O3. The highest BCUT2D eigenvalue weighted by Gasteiger charge is 2.22. The number of hydrogen-bond donors (Lipinski definition) is 2. The van der Waals surface area contributed by atoms with Crippen LogP contribution < -0.4 is 15.6 Å². The quantitative estimate of drug-likeness (QED) is 0.532. The highest BCUT2D eigenvalue weighted by molar-refractivity contribution is 5.95. The Morgan fingerprint density at radius 1 is 1.06 bits per heavy atom. The highest BCUT2D eigenvalue weighted by Crippen LogP contribution is 2.27. The number of anilines is 1. The minimum atomic E-state index is -1.37. The SMILES string of the molecule is O=C(O)c1cn(-c2cccc3ccccc23)c2nc(N3CCNCC3)c(F)cc2c1=O. The first-order valence-corrected chi connectivity index (χ1v) is 9.97. The number of hydrogen-bond acceptors (Lipinski definition) is 5. The molecule has 0 unspecified atom stereocenters. The van der Waals surface area contributed by atoms with Crippen LogP contribution in [0, 0.1) is 5.82 Å². The fourth-order valence-electron chi connectivity index (χ4n) is 4.07. The number of piperazine rings is 1. The van der Waals surface area contributed by atoms with E-state index >= 15 is 0 Å². The van der Waals surface area contributed by atoms with E-state index in [9.17, 15) is 19.1 Å². The van der Waals surface area contributed by atoms with Crippen molar-refractivity contribution in [1.29, 1.82) is 0 Å². The third-order valence-electron chi connectivity index (χ3n) is 5.59. The standard InChI is InChI=1S/C23H19FN4O3/c24-18-12-16-20(29)17(23(30)31)13-28(19-7-3-5-14-4-1-2-6-15(14)19)21(16)26-22(18)27-10-8-25-9-11-27/h1-7,12-13,25H,8-11H2,(H,30,31). The molecule has 2 aromatic heterocycles. The van der Waals surface area contributed by atoms with Gasteiger partial charge in [0, 0.05) is 37.8 Å². The van der Waals surface area contributed by atoms with E-state index in [2.05, 4.69) is 10.3 Å². The molecule has 0 spiro atoms. The number of carbonyl (C=O) groups is 1. The van der Waals surface area contributed by atoms with Gasteiger partial charge in [0.15, 0.2) is 17.3 Å². The van der Waals surface area contributed by atoms with Gasteiger partial charge >= 0.3 is 5.97 Å². The van der Waals surface area contributed by atoms with Gasteiger partial charge in [0.2, 0.25) is 5.43 Å². The van der Waals surface area contributed by atoms with Crippen LogP contribution in [0.3, 0.4) is 0 Å². The molecule has 2 aromatic carbocycles. The zero-order chi connectivity index (χ0) is 21.5. The zero-order valence-corrected chi connectivity index (χ0v) is 16.5. The second kappa shape index (κ2) is 7.48. The van der Waals surface area contributed by atoms with Gasteiger partial charge < -0.3 is 15.3 Å². The predicted molar refractivity (Wildman–Crippen MR) is 117 cm³/mol. The molecule has 1 aliphatic heterocycles. The third kappa shape index (κ3) is 3.21. The van der Waals surface area contributed by atoms with Crippen molar-refractivity contribution < 1.29 is 14.3 Å². The molecule has 4 aromatic rings. The van der Waals surface area contributed by atoms with Crippen LogP contribution in [0.5, 0.6) is 0 Å². The summed E-state index contributed by atoms with van der Waals surface area (Å²) >= 11 is 0. The van der Waals surface area contributed by atoms with Gasteiger partial charge in [-0.3, -0.25) is 9.36 Å². The van der Waals surface area contributed by atoms with Gasteiger partial charge in [0.25, 0.3) is 0 Å². The molecule has 0 amide bonds. The second-order valence-corrected chi connectivity index (χ2v) is 7.45. The normalized spacial score (nSPS) is 14.3. The lowest BCUT2D eigenvalue weighted by atomic mass is 10.1. The summed E-state index contributed by atoms with van der Waals surface area (Å²) in [5.74, 6) is -1.85. The summed E-state index contributed by atoms with van der Waals surface area (Å²) in [5, 5.41) is 14.6. The maximum Gasteiger partial charge on any atom is 0.341 e. The molecule has 3 heterocycles. The van der Waals surface area contributed by atoms with Crippen LogP contribution in [-0.4, -0.2) is 46.8 Å². The molecule has 1 saturated heterocycles. The van der Waals surface area contributed by atoms with Crippen molar-refractivity contribution >= 4 is 33.6 Å². The Hall–Kier alpha value is -3.78. The Balaban J connectivity index is 1.86. The van der Waals surface area contributed by atoms with Gasteiger partial charge in [-0.1, -0.05) is 36.4 Å². The molecule has 31 heavy (non-hydrogen) atoms. The summed E-state index contributed by atoms with van der Waals surface area (Å²) in [5.41, 5.74) is -0.300. The van der Waals surface area contributed by atoms with Gasteiger partial charge in [-0.25, -0.2) is 14.2 Å². The summed E-state index contributed by atoms with van der Waals surface area (Å²) < 4.78 is 16.6. The summed E-state index contributed by atoms with van der Waals surface area (Å²) in [6.45, 7) is 2.57. The fraction of sp³-hybridized carbons (Fsp3) is 0.174. The van der Waals surface area contributed by atoms with Crippen LogP contribution in [0.25, 0.3) is 27.5 Å². The molecule has 0 aliphatic carbocycles. The number of fused-ring (bicyclic) bond motifs is 2. The second-order valence-electron chi connectivity index (χ2n) is 7.45. The van der Waals surface area contributed by atoms with Crippen molar-refractivity contribution in [3.8, 4) is 5.69 Å². The van der Waals surface area contributed by atoms with E-state index in [1.165, 1.54) is 6.20 Å². The first-order valence-electron chi connectivity index (χ1n) is 9.97. The average Bonchev–Trinajstić information content (AvgIpc) is 2.79. The predicted octanol–water partition coefficient (Wildman–Crippen LogP) is 2.79. The molecule has 156 valence electrons. The highest BCUT2D eigenvalue weighted by atomic mass is 19.1. The Morgan fingerprint density at radius 2 is 1.81 bits per heavy atom. The molecule has 0 bridgehead atoms. The maximum atomic E-state index is 15.0. The Kier molecular flexibility index (Phi) is 4.63. The number of carboxylic acid groups (broad SMARTS) is 1. The lowest BCUT2D eigenvalue weighted by Crippen LogP contribution is -2.44. The van der Waals surface area contributed by atoms with E-state index in [0.717, 1.165) is 16.8 Å². The number of benzene rings is 2. The molecule has 1 fully saturated rings. The summed E-state index contributed by atoms with van der Waals surface area (Å²) in [6.07, 6.45) is 1.28. The zero-order valence-electron chi connectivity index (χ0n) is 16.5. The van der Waals surface area contributed by atoms with Crippen LogP contribution in [0.15, 0.2) is 59.5 Å². The summed E-state index contributed by atoms with van der Waals surface area (Å²) in [4.78, 5) is 31.0. The molecule has 7 nitrogen and oxygen atoms in total. The van der Waals surface area contributed by atoms with E-state index in [1.807, 2.05) is 47.4 Å². The van der Waals surface area contributed by atoms with Crippen molar-refractivity contribution in [3.63, 3.8) is 0 Å². The monoisotopic (exact) mass is 418 g/mol. The lowest BCUT2D eigenvalue weighted by Gasteiger charge is -2.29. The minimum Gasteiger partial charge on any atom is -0.477 e. The van der Waals surface area contributed by atoms with Crippen LogP contribution in [-0.2, 0) is 0 Å². The number of rotatable bonds is 3. The van der Waals surface area contributed by atoms with Gasteiger partial charge in [-0.15, -0.1) is 0 Å². The topological polar surface area (TPSA) is 87.5 Å². The number of pyridine rings is 2. The van der Waals surface area contributed by atoms with Crippen LogP contribution in [0.2, 0.25) is 0 Å². The number of nitrogens with one attached hydrogen (secondary N) is 1. The van der Waals surface area contributed by atoms with Crippen molar-refractivity contribution in [2.24, 2.45) is 0 Å². The van der Waals surface area contributed by atoms with Crippen molar-refractivity contribution in [2.75, 3.05) is 31.1 Å². The maximum absolute atomic E-state index is 15.0. The van der Waals surface area contributed by atoms with Gasteiger partial charge in [0.1, 0.15) is 5.56 Å². The minimum absolute atomic E-state index is 0.0655. The molecule has 5 rings (SSSR count). The van der Waals surface area contributed by atoms with Crippen molar-refractivity contribution in [1.82, 2.24) is 14.9 Å². The van der Waals surface area contributed by atoms with Gasteiger partial charge in [-0.05, 0) is 17.5 Å². The molecule has 2 N–H and O–H groups in total. The van der Waals surface area contributed by atoms with Gasteiger partial charge in [0.05, 0.1) is 11.1 Å². The van der Waals surface area contributed by atoms with E-state index in [4.69, 9.17) is 0 Å². The van der Waals surface area contributed by atoms with Crippen molar-refractivity contribution in [3.05, 3.63) is 76.3 Å². The molecular weight excluding hydrogens is 399 g/mol. The van der Waals surface area contributed by atoms with Crippen molar-refractivity contribution in [2.45, 2.75) is 0 Å². The molecule has 8 heteroatoms. The first kappa shape index (κ1) is 19.2.